The van der Waals surface area contributed by atoms with Crippen LogP contribution in [0.15, 0.2) is 49.3 Å². The number of nitrogens with one attached hydrogen (secondary N) is 2. The summed E-state index contributed by atoms with van der Waals surface area (Å²) in [4.78, 5) is 39.7. The third kappa shape index (κ3) is 4.05. The van der Waals surface area contributed by atoms with Crippen molar-refractivity contribution in [1.82, 2.24) is 15.1 Å². The third-order valence-corrected chi connectivity index (χ3v) is 4.62. The number of amides is 3. The summed E-state index contributed by atoms with van der Waals surface area (Å²) >= 11 is 0. The Balaban J connectivity index is 1.60. The zero-order valence-electron chi connectivity index (χ0n) is 15.0. The minimum absolute atomic E-state index is 0.119. The molecule has 1 fully saturated rings. The summed E-state index contributed by atoms with van der Waals surface area (Å²) in [5, 5.41) is 9.21. The summed E-state index contributed by atoms with van der Waals surface area (Å²) in [5.74, 6) is -0.718. The van der Waals surface area contributed by atoms with Crippen LogP contribution in [0.25, 0.3) is 0 Å². The van der Waals surface area contributed by atoms with Crippen molar-refractivity contribution in [2.24, 2.45) is 5.92 Å². The maximum Gasteiger partial charge on any atom is 0.253 e. The van der Waals surface area contributed by atoms with Crippen molar-refractivity contribution in [2.75, 3.05) is 30.4 Å². The second-order valence-electron chi connectivity index (χ2n) is 6.36. The second kappa shape index (κ2) is 7.86. The lowest BCUT2D eigenvalue weighted by Gasteiger charge is -2.18. The summed E-state index contributed by atoms with van der Waals surface area (Å²) < 4.78 is 0. The fourth-order valence-corrected chi connectivity index (χ4v) is 3.00. The van der Waals surface area contributed by atoms with E-state index in [0.717, 1.165) is 0 Å². The van der Waals surface area contributed by atoms with E-state index in [1.807, 2.05) is 0 Å². The molecule has 0 bridgehead atoms. The van der Waals surface area contributed by atoms with Gasteiger partial charge in [0.25, 0.3) is 5.91 Å². The first-order valence-corrected chi connectivity index (χ1v) is 8.58. The smallest absolute Gasteiger partial charge is 0.253 e. The topological polar surface area (TPSA) is 98.4 Å². The lowest BCUT2D eigenvalue weighted by Crippen LogP contribution is -2.31. The molecule has 1 aliphatic rings. The number of likely N-dealkylation sites (tertiary alicyclic amines) is 1. The van der Waals surface area contributed by atoms with Gasteiger partial charge in [-0.1, -0.05) is 6.58 Å². The standard InChI is InChI=1S/C19H21N5O3/c1-3-17(25)23(2)16-6-4-13(5-7-16)19(27)24-9-8-14(12-24)18(26)22-15-10-20-21-11-15/h3-7,10-11,14H,1,8-9,12H2,2H3,(H,20,21)(H,22,26). The van der Waals surface area contributed by atoms with E-state index in [4.69, 9.17) is 0 Å². The average Bonchev–Trinajstić information content (AvgIpc) is 3.38. The highest BCUT2D eigenvalue weighted by Gasteiger charge is 2.31. The molecule has 1 aromatic heterocycles. The average molecular weight is 367 g/mol. The first-order valence-electron chi connectivity index (χ1n) is 8.58. The van der Waals surface area contributed by atoms with Gasteiger partial charge < -0.3 is 15.1 Å². The van der Waals surface area contributed by atoms with E-state index in [2.05, 4.69) is 22.1 Å². The molecule has 8 nitrogen and oxygen atoms in total. The van der Waals surface area contributed by atoms with Gasteiger partial charge in [-0.25, -0.2) is 0 Å². The van der Waals surface area contributed by atoms with Gasteiger partial charge >= 0.3 is 0 Å². The first kappa shape index (κ1) is 18.4. The number of carbonyl (C=O) groups excluding carboxylic acids is 3. The molecule has 1 atom stereocenters. The number of hydrogen-bond acceptors (Lipinski definition) is 4. The van der Waals surface area contributed by atoms with Gasteiger partial charge in [-0.2, -0.15) is 5.10 Å². The molecule has 8 heteroatoms. The summed E-state index contributed by atoms with van der Waals surface area (Å²) in [6, 6.07) is 6.80. The van der Waals surface area contributed by atoms with Crippen LogP contribution in [0.5, 0.6) is 0 Å². The molecular weight excluding hydrogens is 346 g/mol. The second-order valence-corrected chi connectivity index (χ2v) is 6.36. The number of anilines is 2. The Morgan fingerprint density at radius 2 is 2.07 bits per heavy atom. The number of nitrogens with zero attached hydrogens (tertiary/aromatic N) is 3. The van der Waals surface area contributed by atoms with Crippen molar-refractivity contribution in [3.8, 4) is 0 Å². The van der Waals surface area contributed by atoms with Crippen LogP contribution in [0.1, 0.15) is 16.8 Å². The molecule has 3 rings (SSSR count). The van der Waals surface area contributed by atoms with Crippen molar-refractivity contribution in [3.05, 3.63) is 54.9 Å². The van der Waals surface area contributed by atoms with Gasteiger partial charge in [0, 0.05) is 37.6 Å². The van der Waals surface area contributed by atoms with E-state index in [9.17, 15) is 14.4 Å². The molecule has 2 aromatic rings. The van der Waals surface area contributed by atoms with E-state index in [-0.39, 0.29) is 23.6 Å². The maximum atomic E-state index is 12.7. The number of carbonyl (C=O) groups is 3. The Morgan fingerprint density at radius 1 is 1.33 bits per heavy atom. The molecule has 1 unspecified atom stereocenters. The van der Waals surface area contributed by atoms with Crippen molar-refractivity contribution < 1.29 is 14.4 Å². The van der Waals surface area contributed by atoms with Gasteiger partial charge in [-0.05, 0) is 36.8 Å². The molecule has 1 aliphatic heterocycles. The number of rotatable bonds is 5. The third-order valence-electron chi connectivity index (χ3n) is 4.62. The van der Waals surface area contributed by atoms with Crippen molar-refractivity contribution >= 4 is 29.1 Å². The Kier molecular flexibility index (Phi) is 5.35. The van der Waals surface area contributed by atoms with E-state index < -0.39 is 0 Å². The Hall–Kier alpha value is -3.42. The van der Waals surface area contributed by atoms with Gasteiger partial charge in [0.05, 0.1) is 17.8 Å². The van der Waals surface area contributed by atoms with Crippen LogP contribution in [0, 0.1) is 5.92 Å². The molecule has 0 aliphatic carbocycles. The van der Waals surface area contributed by atoms with Crippen LogP contribution >= 0.6 is 0 Å². The minimum Gasteiger partial charge on any atom is -0.338 e. The van der Waals surface area contributed by atoms with Gasteiger partial charge in [-0.3, -0.25) is 19.5 Å². The molecule has 3 amide bonds. The van der Waals surface area contributed by atoms with Crippen molar-refractivity contribution in [3.63, 3.8) is 0 Å². The lowest BCUT2D eigenvalue weighted by molar-refractivity contribution is -0.119. The molecule has 27 heavy (non-hydrogen) atoms. The molecule has 0 saturated carbocycles. The van der Waals surface area contributed by atoms with Crippen LogP contribution in [0.4, 0.5) is 11.4 Å². The van der Waals surface area contributed by atoms with E-state index in [1.54, 1.807) is 42.4 Å². The number of aromatic nitrogens is 2. The highest BCUT2D eigenvalue weighted by molar-refractivity contribution is 6.01. The quantitative estimate of drug-likeness (QED) is 0.785. The van der Waals surface area contributed by atoms with Crippen LogP contribution in [0.3, 0.4) is 0 Å². The maximum absolute atomic E-state index is 12.7. The number of H-pyrrole nitrogens is 1. The van der Waals surface area contributed by atoms with E-state index in [1.165, 1.54) is 17.2 Å². The summed E-state index contributed by atoms with van der Waals surface area (Å²) in [6.07, 6.45) is 4.99. The lowest BCUT2D eigenvalue weighted by atomic mass is 10.1. The fraction of sp³-hybridized carbons (Fsp3) is 0.263. The van der Waals surface area contributed by atoms with Gasteiger partial charge in [-0.15, -0.1) is 0 Å². The highest BCUT2D eigenvalue weighted by Crippen LogP contribution is 2.22. The Labute approximate surface area is 156 Å². The van der Waals surface area contributed by atoms with Gasteiger partial charge in [0.15, 0.2) is 0 Å². The molecule has 2 heterocycles. The fourth-order valence-electron chi connectivity index (χ4n) is 3.00. The largest absolute Gasteiger partial charge is 0.338 e. The monoisotopic (exact) mass is 367 g/mol. The van der Waals surface area contributed by atoms with E-state index in [0.29, 0.717) is 36.4 Å². The van der Waals surface area contributed by atoms with Crippen molar-refractivity contribution in [1.29, 1.82) is 0 Å². The first-order chi connectivity index (χ1) is 13.0. The minimum atomic E-state index is -0.250. The number of likely N-dealkylation sites (N-methyl/N-ethyl adjacent to an activating group) is 1. The number of aromatic amines is 1. The predicted octanol–water partition coefficient (Wildman–Crippen LogP) is 1.66. The molecule has 2 N–H and O–H groups in total. The molecule has 0 spiro atoms. The van der Waals surface area contributed by atoms with Crippen molar-refractivity contribution in [2.45, 2.75) is 6.42 Å². The summed E-state index contributed by atoms with van der Waals surface area (Å²) in [6.45, 7) is 4.36. The van der Waals surface area contributed by atoms with Crippen LogP contribution in [-0.4, -0.2) is 53.0 Å². The number of hydrogen-bond donors (Lipinski definition) is 2. The Bertz CT molecular complexity index is 845. The molecule has 1 aromatic carbocycles. The summed E-state index contributed by atoms with van der Waals surface area (Å²) in [7, 11) is 1.64. The molecule has 0 radical (unpaired) electrons. The Morgan fingerprint density at radius 3 is 2.70 bits per heavy atom. The van der Waals surface area contributed by atoms with Gasteiger partial charge in [0.1, 0.15) is 0 Å². The predicted molar refractivity (Wildman–Crippen MR) is 101 cm³/mol. The van der Waals surface area contributed by atoms with E-state index >= 15 is 0 Å². The summed E-state index contributed by atoms with van der Waals surface area (Å²) in [5.41, 5.74) is 1.81. The highest BCUT2D eigenvalue weighted by atomic mass is 16.2. The van der Waals surface area contributed by atoms with Crippen LogP contribution < -0.4 is 10.2 Å². The normalized spacial score (nSPS) is 16.0. The SMILES string of the molecule is C=CC(=O)N(C)c1ccc(C(=O)N2CCC(C(=O)Nc3cn[nH]c3)C2)cc1. The van der Waals surface area contributed by atoms with Crippen LogP contribution in [-0.2, 0) is 9.59 Å². The zero-order valence-corrected chi connectivity index (χ0v) is 15.0. The van der Waals surface area contributed by atoms with Crippen LogP contribution in [0.2, 0.25) is 0 Å². The van der Waals surface area contributed by atoms with Gasteiger partial charge in [0.2, 0.25) is 11.8 Å². The zero-order chi connectivity index (χ0) is 19.4. The molecule has 140 valence electrons. The number of benzene rings is 1. The molecule has 1 saturated heterocycles. The molecular formula is C19H21N5O3.